The topological polar surface area (TPSA) is 52.3 Å². The third kappa shape index (κ3) is 5.55. The maximum absolute atomic E-state index is 11.4. The van der Waals surface area contributed by atoms with Gasteiger partial charge in [-0.25, -0.2) is 0 Å². The van der Waals surface area contributed by atoms with E-state index in [1.165, 1.54) is 0 Å². The quantitative estimate of drug-likeness (QED) is 0.608. The minimum Gasteiger partial charge on any atom is -0.385 e. The number of methoxy groups -OCH3 is 1. The molecule has 0 rings (SSSR count). The van der Waals surface area contributed by atoms with E-state index in [1.54, 1.807) is 7.11 Å². The molecule has 0 amide bonds. The van der Waals surface area contributed by atoms with Crippen LogP contribution in [0, 0.1) is 0 Å². The number of carbonyl (C=O) groups is 1. The van der Waals surface area contributed by atoms with E-state index < -0.39 is 6.04 Å². The van der Waals surface area contributed by atoms with Crippen LogP contribution in [0.3, 0.4) is 0 Å². The number of hydrogen-bond acceptors (Lipinski definition) is 3. The van der Waals surface area contributed by atoms with E-state index in [4.69, 9.17) is 10.5 Å². The van der Waals surface area contributed by atoms with E-state index in [-0.39, 0.29) is 5.78 Å². The molecule has 0 spiro atoms. The minimum atomic E-state index is -0.400. The molecule has 13 heavy (non-hydrogen) atoms. The lowest BCUT2D eigenvalue weighted by atomic mass is 10.0. The van der Waals surface area contributed by atoms with Crippen LogP contribution in [0.2, 0.25) is 0 Å². The summed E-state index contributed by atoms with van der Waals surface area (Å²) in [7, 11) is 1.60. The number of allylic oxidation sites excluding steroid dienone is 1. The Kier molecular flexibility index (Phi) is 6.45. The maximum atomic E-state index is 11.4. The molecule has 0 radical (unpaired) electrons. The third-order valence-corrected chi connectivity index (χ3v) is 1.97. The Labute approximate surface area is 79.9 Å². The summed E-state index contributed by atoms with van der Waals surface area (Å²) in [6.07, 6.45) is 1.83. The molecule has 0 saturated carbocycles. The smallest absolute Gasteiger partial charge is 0.153 e. The molecule has 0 fully saturated rings. The van der Waals surface area contributed by atoms with Gasteiger partial charge in [0.05, 0.1) is 6.04 Å². The molecule has 3 nitrogen and oxygen atoms in total. The highest BCUT2D eigenvalue weighted by Gasteiger charge is 2.13. The molecule has 0 aliphatic heterocycles. The fourth-order valence-corrected chi connectivity index (χ4v) is 0.908. The van der Waals surface area contributed by atoms with Crippen molar-refractivity contribution >= 4 is 5.78 Å². The number of Topliss-reactive ketones (excluding diaryl/α,β-unsaturated/α-hetero) is 1. The summed E-state index contributed by atoms with van der Waals surface area (Å²) in [5.41, 5.74) is 6.58. The van der Waals surface area contributed by atoms with Crippen molar-refractivity contribution in [3.05, 3.63) is 12.2 Å². The van der Waals surface area contributed by atoms with Gasteiger partial charge >= 0.3 is 0 Å². The fraction of sp³-hybridized carbons (Fsp3) is 0.700. The Bertz CT molecular complexity index is 178. The maximum Gasteiger partial charge on any atom is 0.153 e. The van der Waals surface area contributed by atoms with Crippen LogP contribution >= 0.6 is 0 Å². The van der Waals surface area contributed by atoms with Gasteiger partial charge in [0.2, 0.25) is 0 Å². The molecule has 76 valence electrons. The van der Waals surface area contributed by atoms with Crippen molar-refractivity contribution in [3.8, 4) is 0 Å². The van der Waals surface area contributed by atoms with E-state index >= 15 is 0 Å². The first kappa shape index (κ1) is 12.3. The number of hydrogen-bond donors (Lipinski definition) is 1. The predicted octanol–water partition coefficient (Wildman–Crippen LogP) is 1.28. The number of carbonyl (C=O) groups excluding carboxylic acids is 1. The largest absolute Gasteiger partial charge is 0.385 e. The second kappa shape index (κ2) is 6.80. The summed E-state index contributed by atoms with van der Waals surface area (Å²) in [6, 6.07) is -0.400. The van der Waals surface area contributed by atoms with Gasteiger partial charge in [0.1, 0.15) is 0 Å². The van der Waals surface area contributed by atoms with Gasteiger partial charge in [-0.2, -0.15) is 0 Å². The molecule has 0 aromatic rings. The summed E-state index contributed by atoms with van der Waals surface area (Å²) in [5, 5.41) is 0. The van der Waals surface area contributed by atoms with Gasteiger partial charge in [-0.3, -0.25) is 4.79 Å². The molecule has 0 aliphatic carbocycles. The number of ketones is 1. The molecule has 1 unspecified atom stereocenters. The molecule has 0 saturated heterocycles. The van der Waals surface area contributed by atoms with Gasteiger partial charge in [0, 0.05) is 20.1 Å². The van der Waals surface area contributed by atoms with Crippen LogP contribution in [-0.2, 0) is 9.53 Å². The molecular weight excluding hydrogens is 166 g/mol. The second-order valence-corrected chi connectivity index (χ2v) is 3.13. The van der Waals surface area contributed by atoms with Gasteiger partial charge in [-0.1, -0.05) is 19.1 Å². The summed E-state index contributed by atoms with van der Waals surface area (Å²) >= 11 is 0. The molecule has 1 atom stereocenters. The van der Waals surface area contributed by atoms with Crippen molar-refractivity contribution in [2.45, 2.75) is 32.2 Å². The Morgan fingerprint density at radius 3 is 2.69 bits per heavy atom. The zero-order chi connectivity index (χ0) is 10.3. The van der Waals surface area contributed by atoms with Crippen molar-refractivity contribution in [1.82, 2.24) is 0 Å². The Morgan fingerprint density at radius 2 is 2.23 bits per heavy atom. The predicted molar refractivity (Wildman–Crippen MR) is 53.5 cm³/mol. The summed E-state index contributed by atoms with van der Waals surface area (Å²) in [6.45, 7) is 6.28. The fourth-order valence-electron chi connectivity index (χ4n) is 0.908. The van der Waals surface area contributed by atoms with E-state index in [0.717, 1.165) is 12.0 Å². The average molecular weight is 185 g/mol. The zero-order valence-electron chi connectivity index (χ0n) is 8.51. The van der Waals surface area contributed by atoms with E-state index in [9.17, 15) is 4.79 Å². The van der Waals surface area contributed by atoms with E-state index in [2.05, 4.69) is 6.58 Å². The van der Waals surface area contributed by atoms with Crippen LogP contribution in [0.15, 0.2) is 12.2 Å². The minimum absolute atomic E-state index is 0.0592. The summed E-state index contributed by atoms with van der Waals surface area (Å²) in [5.74, 6) is 0.0592. The van der Waals surface area contributed by atoms with Gasteiger partial charge < -0.3 is 10.5 Å². The lowest BCUT2D eigenvalue weighted by Gasteiger charge is -2.10. The highest BCUT2D eigenvalue weighted by atomic mass is 16.5. The molecule has 0 heterocycles. The molecule has 0 aliphatic rings. The van der Waals surface area contributed by atoms with Crippen LogP contribution in [0.5, 0.6) is 0 Å². The van der Waals surface area contributed by atoms with Gasteiger partial charge in [-0.15, -0.1) is 0 Å². The molecule has 0 aromatic heterocycles. The summed E-state index contributed by atoms with van der Waals surface area (Å²) < 4.78 is 4.84. The second-order valence-electron chi connectivity index (χ2n) is 3.13. The lowest BCUT2D eigenvalue weighted by Crippen LogP contribution is -2.31. The first-order chi connectivity index (χ1) is 6.11. The molecule has 0 aromatic carbocycles. The molecular formula is C10H19NO2. The summed E-state index contributed by atoms with van der Waals surface area (Å²) in [4.78, 5) is 11.4. The van der Waals surface area contributed by atoms with Crippen LogP contribution in [0.1, 0.15) is 26.2 Å². The average Bonchev–Trinajstić information content (AvgIpc) is 2.13. The Balaban J connectivity index is 3.75. The van der Waals surface area contributed by atoms with Gasteiger partial charge in [0.15, 0.2) is 5.78 Å². The highest BCUT2D eigenvalue weighted by Crippen LogP contribution is 2.06. The number of nitrogens with two attached hydrogens (primary N) is 1. The first-order valence-electron chi connectivity index (χ1n) is 4.55. The Hall–Kier alpha value is -0.670. The van der Waals surface area contributed by atoms with Crippen molar-refractivity contribution in [3.63, 3.8) is 0 Å². The first-order valence-corrected chi connectivity index (χ1v) is 4.55. The SMILES string of the molecule is C=C(CC)CC(=O)C(N)CCOC. The molecule has 2 N–H and O–H groups in total. The van der Waals surface area contributed by atoms with Crippen molar-refractivity contribution in [2.75, 3.05) is 13.7 Å². The number of ether oxygens (including phenoxy) is 1. The van der Waals surface area contributed by atoms with Crippen LogP contribution in [0.25, 0.3) is 0 Å². The van der Waals surface area contributed by atoms with Crippen molar-refractivity contribution < 1.29 is 9.53 Å². The monoisotopic (exact) mass is 185 g/mol. The lowest BCUT2D eigenvalue weighted by molar-refractivity contribution is -0.120. The number of rotatable bonds is 7. The van der Waals surface area contributed by atoms with Crippen LogP contribution in [0.4, 0.5) is 0 Å². The van der Waals surface area contributed by atoms with Crippen molar-refractivity contribution in [2.24, 2.45) is 5.73 Å². The molecule has 0 bridgehead atoms. The highest BCUT2D eigenvalue weighted by molar-refractivity contribution is 5.85. The van der Waals surface area contributed by atoms with Gasteiger partial charge in [-0.05, 0) is 12.8 Å². The van der Waals surface area contributed by atoms with E-state index in [1.807, 2.05) is 6.92 Å². The normalized spacial score (nSPS) is 12.5. The molecule has 3 heteroatoms. The van der Waals surface area contributed by atoms with Crippen LogP contribution < -0.4 is 5.73 Å². The van der Waals surface area contributed by atoms with Crippen LogP contribution in [-0.4, -0.2) is 25.5 Å². The van der Waals surface area contributed by atoms with E-state index in [0.29, 0.717) is 19.4 Å². The van der Waals surface area contributed by atoms with Gasteiger partial charge in [0.25, 0.3) is 0 Å². The Morgan fingerprint density at radius 1 is 1.62 bits per heavy atom. The van der Waals surface area contributed by atoms with Crippen molar-refractivity contribution in [1.29, 1.82) is 0 Å². The zero-order valence-corrected chi connectivity index (χ0v) is 8.51. The third-order valence-electron chi connectivity index (χ3n) is 1.97. The standard InChI is InChI=1S/C10H19NO2/c1-4-8(2)7-10(12)9(11)5-6-13-3/h9H,2,4-7,11H2,1,3H3.